The highest BCUT2D eigenvalue weighted by Gasteiger charge is 2.16. The summed E-state index contributed by atoms with van der Waals surface area (Å²) in [6.07, 6.45) is 1.59. The summed E-state index contributed by atoms with van der Waals surface area (Å²) in [7, 11) is 1.55. The number of carbonyl (C=O) groups excluding carboxylic acids is 2. The lowest BCUT2D eigenvalue weighted by molar-refractivity contribution is -0.122. The van der Waals surface area contributed by atoms with Crippen molar-refractivity contribution in [3.05, 3.63) is 59.7 Å². The summed E-state index contributed by atoms with van der Waals surface area (Å²) >= 11 is 0. The third-order valence-corrected chi connectivity index (χ3v) is 3.71. The zero-order valence-electron chi connectivity index (χ0n) is 16.4. The van der Waals surface area contributed by atoms with Gasteiger partial charge in [0.15, 0.2) is 0 Å². The number of hydrazone groups is 1. The van der Waals surface area contributed by atoms with Gasteiger partial charge in [0.25, 0.3) is 11.8 Å². The smallest absolute Gasteiger partial charge is 0.262 e. The Morgan fingerprint density at radius 3 is 2.39 bits per heavy atom. The van der Waals surface area contributed by atoms with Gasteiger partial charge in [0, 0.05) is 5.56 Å². The Hall–Kier alpha value is -3.35. The number of amides is 2. The summed E-state index contributed by atoms with van der Waals surface area (Å²) in [6, 6.07) is 13.2. The first kappa shape index (κ1) is 21.0. The minimum absolute atomic E-state index is 0.0713. The van der Waals surface area contributed by atoms with Gasteiger partial charge in [-0.05, 0) is 62.7 Å². The van der Waals surface area contributed by atoms with E-state index in [2.05, 4.69) is 15.8 Å². The van der Waals surface area contributed by atoms with Crippen LogP contribution >= 0.6 is 0 Å². The first-order chi connectivity index (χ1) is 13.4. The van der Waals surface area contributed by atoms with E-state index in [-0.39, 0.29) is 12.0 Å². The van der Waals surface area contributed by atoms with Crippen molar-refractivity contribution in [2.75, 3.05) is 7.11 Å². The van der Waals surface area contributed by atoms with Gasteiger partial charge in [-0.2, -0.15) is 5.10 Å². The van der Waals surface area contributed by atoms with Gasteiger partial charge < -0.3 is 14.8 Å². The van der Waals surface area contributed by atoms with E-state index in [1.807, 2.05) is 38.1 Å². The lowest BCUT2D eigenvalue weighted by atomic mass is 10.2. The van der Waals surface area contributed by atoms with E-state index >= 15 is 0 Å². The van der Waals surface area contributed by atoms with Crippen LogP contribution in [-0.2, 0) is 4.79 Å². The minimum atomic E-state index is -0.748. The molecule has 0 fully saturated rings. The maximum absolute atomic E-state index is 12.2. The molecule has 2 rings (SSSR count). The van der Waals surface area contributed by atoms with Crippen molar-refractivity contribution < 1.29 is 19.1 Å². The first-order valence-electron chi connectivity index (χ1n) is 8.93. The summed E-state index contributed by atoms with van der Waals surface area (Å²) in [4.78, 5) is 24.3. The third kappa shape index (κ3) is 6.42. The molecule has 7 heteroatoms. The molecule has 0 radical (unpaired) electrons. The molecule has 7 nitrogen and oxygen atoms in total. The van der Waals surface area contributed by atoms with Crippen LogP contribution in [0.3, 0.4) is 0 Å². The van der Waals surface area contributed by atoms with Crippen molar-refractivity contribution in [2.45, 2.75) is 32.9 Å². The predicted molar refractivity (Wildman–Crippen MR) is 108 cm³/mol. The number of methoxy groups -OCH3 is 1. The second-order valence-corrected chi connectivity index (χ2v) is 6.40. The van der Waals surface area contributed by atoms with Crippen LogP contribution in [0.25, 0.3) is 0 Å². The maximum atomic E-state index is 12.2. The van der Waals surface area contributed by atoms with Crippen molar-refractivity contribution >= 4 is 18.0 Å². The Labute approximate surface area is 164 Å². The van der Waals surface area contributed by atoms with E-state index in [0.717, 1.165) is 11.3 Å². The van der Waals surface area contributed by atoms with E-state index < -0.39 is 11.9 Å². The lowest BCUT2D eigenvalue weighted by Crippen LogP contribution is -2.43. The average Bonchev–Trinajstić information content (AvgIpc) is 2.67. The van der Waals surface area contributed by atoms with E-state index in [1.165, 1.54) is 6.21 Å². The molecule has 0 aromatic heterocycles. The first-order valence-corrected chi connectivity index (χ1v) is 8.93. The van der Waals surface area contributed by atoms with Gasteiger partial charge in [-0.3, -0.25) is 9.59 Å². The van der Waals surface area contributed by atoms with Gasteiger partial charge in [0.2, 0.25) is 0 Å². The molecular formula is C21H25N3O4. The summed E-state index contributed by atoms with van der Waals surface area (Å²) in [5, 5.41) is 6.56. The Bertz CT molecular complexity index is 832. The normalized spacial score (nSPS) is 11.9. The molecule has 0 saturated heterocycles. The molecule has 0 saturated carbocycles. The average molecular weight is 383 g/mol. The fourth-order valence-corrected chi connectivity index (χ4v) is 2.30. The number of hydrogen-bond acceptors (Lipinski definition) is 5. The number of nitrogens with one attached hydrogen (secondary N) is 2. The van der Waals surface area contributed by atoms with Gasteiger partial charge in [-0.15, -0.1) is 0 Å². The zero-order chi connectivity index (χ0) is 20.5. The molecule has 148 valence electrons. The summed E-state index contributed by atoms with van der Waals surface area (Å²) in [5.74, 6) is 0.602. The molecule has 1 unspecified atom stereocenters. The Balaban J connectivity index is 1.87. The monoisotopic (exact) mass is 383 g/mol. The topological polar surface area (TPSA) is 89.0 Å². The summed E-state index contributed by atoms with van der Waals surface area (Å²) in [5.41, 5.74) is 3.64. The van der Waals surface area contributed by atoms with Crippen LogP contribution in [0.1, 0.15) is 36.7 Å². The highest BCUT2D eigenvalue weighted by molar-refractivity contribution is 5.97. The number of hydrogen-bond donors (Lipinski definition) is 2. The van der Waals surface area contributed by atoms with Crippen molar-refractivity contribution in [3.63, 3.8) is 0 Å². The Morgan fingerprint density at radius 2 is 1.75 bits per heavy atom. The third-order valence-electron chi connectivity index (χ3n) is 3.71. The lowest BCUT2D eigenvalue weighted by Gasteiger charge is -2.12. The summed E-state index contributed by atoms with van der Waals surface area (Å²) < 4.78 is 10.7. The number of benzene rings is 2. The van der Waals surface area contributed by atoms with Crippen molar-refractivity contribution in [3.8, 4) is 11.5 Å². The molecule has 2 aromatic carbocycles. The van der Waals surface area contributed by atoms with Crippen LogP contribution in [0.2, 0.25) is 0 Å². The number of rotatable bonds is 8. The van der Waals surface area contributed by atoms with E-state index in [4.69, 9.17) is 9.47 Å². The van der Waals surface area contributed by atoms with Crippen LogP contribution in [0.4, 0.5) is 0 Å². The van der Waals surface area contributed by atoms with Crippen LogP contribution in [-0.4, -0.2) is 37.3 Å². The van der Waals surface area contributed by atoms with Gasteiger partial charge in [0.05, 0.1) is 19.4 Å². The fraction of sp³-hybridized carbons (Fsp3) is 0.286. The molecular weight excluding hydrogens is 358 g/mol. The molecule has 0 spiro atoms. The molecule has 2 N–H and O–H groups in total. The Kier molecular flexibility index (Phi) is 7.56. The van der Waals surface area contributed by atoms with Crippen LogP contribution in [0, 0.1) is 0 Å². The van der Waals surface area contributed by atoms with Gasteiger partial charge in [-0.1, -0.05) is 12.1 Å². The molecule has 2 aromatic rings. The molecule has 0 bridgehead atoms. The van der Waals surface area contributed by atoms with Gasteiger partial charge in [-0.25, -0.2) is 5.43 Å². The number of nitrogens with zero attached hydrogens (tertiary/aromatic N) is 1. The highest BCUT2D eigenvalue weighted by Crippen LogP contribution is 2.13. The van der Waals surface area contributed by atoms with Crippen molar-refractivity contribution in [2.24, 2.45) is 5.10 Å². The second kappa shape index (κ2) is 10.1. The molecule has 0 heterocycles. The minimum Gasteiger partial charge on any atom is -0.497 e. The second-order valence-electron chi connectivity index (χ2n) is 6.40. The standard InChI is InChI=1S/C21H25N3O4/c1-14(2)28-19-7-5-6-16(12-19)13-22-24-20(25)15(3)23-21(26)17-8-10-18(27-4)11-9-17/h5-15H,1-4H3,(H,23,26)(H,24,25). The zero-order valence-corrected chi connectivity index (χ0v) is 16.4. The largest absolute Gasteiger partial charge is 0.497 e. The molecule has 0 aliphatic carbocycles. The number of ether oxygens (including phenoxy) is 2. The summed E-state index contributed by atoms with van der Waals surface area (Å²) in [6.45, 7) is 5.48. The molecule has 0 aliphatic heterocycles. The van der Waals surface area contributed by atoms with Crippen molar-refractivity contribution in [1.82, 2.24) is 10.7 Å². The van der Waals surface area contributed by atoms with Gasteiger partial charge >= 0.3 is 0 Å². The SMILES string of the molecule is COc1ccc(C(=O)NC(C)C(=O)NN=Cc2cccc(OC(C)C)c2)cc1. The Morgan fingerprint density at radius 1 is 1.04 bits per heavy atom. The highest BCUT2D eigenvalue weighted by atomic mass is 16.5. The fourth-order valence-electron chi connectivity index (χ4n) is 2.30. The van der Waals surface area contributed by atoms with E-state index in [0.29, 0.717) is 11.3 Å². The van der Waals surface area contributed by atoms with Crippen LogP contribution in [0.5, 0.6) is 11.5 Å². The predicted octanol–water partition coefficient (Wildman–Crippen LogP) is 2.75. The molecule has 0 aliphatic rings. The van der Waals surface area contributed by atoms with Crippen LogP contribution in [0.15, 0.2) is 53.6 Å². The van der Waals surface area contributed by atoms with E-state index in [1.54, 1.807) is 38.3 Å². The van der Waals surface area contributed by atoms with E-state index in [9.17, 15) is 9.59 Å². The van der Waals surface area contributed by atoms with Crippen LogP contribution < -0.4 is 20.2 Å². The molecule has 28 heavy (non-hydrogen) atoms. The maximum Gasteiger partial charge on any atom is 0.262 e. The van der Waals surface area contributed by atoms with Gasteiger partial charge in [0.1, 0.15) is 17.5 Å². The molecule has 1 atom stereocenters. The molecule has 2 amide bonds. The van der Waals surface area contributed by atoms with Crippen molar-refractivity contribution in [1.29, 1.82) is 0 Å². The quantitative estimate of drug-likeness (QED) is 0.542. The number of carbonyl (C=O) groups is 2.